The van der Waals surface area contributed by atoms with E-state index in [4.69, 9.17) is 10.5 Å². The van der Waals surface area contributed by atoms with Crippen LogP contribution < -0.4 is 15.8 Å². The summed E-state index contributed by atoms with van der Waals surface area (Å²) in [5, 5.41) is 2.89. The maximum Gasteiger partial charge on any atom is 0.238 e. The summed E-state index contributed by atoms with van der Waals surface area (Å²) in [6.45, 7) is 4.25. The van der Waals surface area contributed by atoms with Crippen molar-refractivity contribution in [3.63, 3.8) is 0 Å². The summed E-state index contributed by atoms with van der Waals surface area (Å²) >= 11 is 0. The molecule has 1 aromatic carbocycles. The molecule has 0 bridgehead atoms. The Morgan fingerprint density at radius 1 is 1.45 bits per heavy atom. The van der Waals surface area contributed by atoms with Crippen LogP contribution in [0.1, 0.15) is 13.3 Å². The van der Waals surface area contributed by atoms with Gasteiger partial charge < -0.3 is 15.8 Å². The van der Waals surface area contributed by atoms with E-state index in [0.717, 1.165) is 19.5 Å². The average Bonchev–Trinajstić information content (AvgIpc) is 2.37. The van der Waals surface area contributed by atoms with Crippen LogP contribution in [-0.4, -0.2) is 43.6 Å². The van der Waals surface area contributed by atoms with Crippen molar-refractivity contribution < 1.29 is 9.53 Å². The van der Waals surface area contributed by atoms with E-state index in [9.17, 15) is 4.79 Å². The number of hydrogen-bond donors (Lipinski definition) is 2. The van der Waals surface area contributed by atoms with Gasteiger partial charge in [-0.05, 0) is 24.5 Å². The van der Waals surface area contributed by atoms with E-state index in [1.54, 1.807) is 7.11 Å². The normalized spacial score (nSPS) is 23.4. The third kappa shape index (κ3) is 3.95. The summed E-state index contributed by atoms with van der Waals surface area (Å²) < 4.78 is 5.22. The second kappa shape index (κ2) is 6.72. The molecule has 1 aromatic rings. The number of carbonyl (C=O) groups excluding carboxylic acids is 1. The molecule has 3 N–H and O–H groups in total. The third-order valence-corrected chi connectivity index (χ3v) is 3.52. The first-order chi connectivity index (χ1) is 9.58. The first kappa shape index (κ1) is 14.8. The first-order valence-corrected chi connectivity index (χ1v) is 6.99. The molecule has 0 aromatic heterocycles. The molecule has 0 aliphatic carbocycles. The summed E-state index contributed by atoms with van der Waals surface area (Å²) in [5.41, 5.74) is 6.70. The maximum atomic E-state index is 12.1. The number of nitrogens with two attached hydrogens (primary N) is 1. The van der Waals surface area contributed by atoms with Gasteiger partial charge in [0.05, 0.1) is 19.3 Å². The molecule has 2 rings (SSSR count). The third-order valence-electron chi connectivity index (χ3n) is 3.52. The molecular weight excluding hydrogens is 254 g/mol. The molecule has 1 amide bonds. The van der Waals surface area contributed by atoms with E-state index in [-0.39, 0.29) is 11.9 Å². The molecule has 1 fully saturated rings. The Kier molecular flexibility index (Phi) is 4.98. The molecule has 1 aliphatic heterocycles. The molecule has 0 radical (unpaired) electrons. The lowest BCUT2D eigenvalue weighted by molar-refractivity contribution is -0.117. The van der Waals surface area contributed by atoms with Crippen LogP contribution in [0.3, 0.4) is 0 Å². The number of ether oxygens (including phenoxy) is 1. The SMILES string of the molecule is COc1ccccc1NC(=O)CN1CC(C)CC(N)C1. The molecule has 2 atom stereocenters. The molecule has 1 heterocycles. The number of carbonyl (C=O) groups is 1. The number of piperidine rings is 1. The van der Waals surface area contributed by atoms with Gasteiger partial charge >= 0.3 is 0 Å². The quantitative estimate of drug-likeness (QED) is 0.870. The monoisotopic (exact) mass is 277 g/mol. The second-order valence-electron chi connectivity index (χ2n) is 5.54. The fraction of sp³-hybridized carbons (Fsp3) is 0.533. The van der Waals surface area contributed by atoms with Gasteiger partial charge in [0.2, 0.25) is 5.91 Å². The van der Waals surface area contributed by atoms with E-state index in [2.05, 4.69) is 17.1 Å². The molecule has 110 valence electrons. The number of para-hydroxylation sites is 2. The van der Waals surface area contributed by atoms with Crippen LogP contribution in [0, 0.1) is 5.92 Å². The zero-order valence-corrected chi connectivity index (χ0v) is 12.1. The molecule has 20 heavy (non-hydrogen) atoms. The second-order valence-corrected chi connectivity index (χ2v) is 5.54. The highest BCUT2D eigenvalue weighted by atomic mass is 16.5. The van der Waals surface area contributed by atoms with Crippen LogP contribution in [0.5, 0.6) is 5.75 Å². The summed E-state index contributed by atoms with van der Waals surface area (Å²) in [7, 11) is 1.59. The molecular formula is C15H23N3O2. The fourth-order valence-corrected chi connectivity index (χ4v) is 2.78. The minimum atomic E-state index is -0.0317. The van der Waals surface area contributed by atoms with Crippen LogP contribution in [0.4, 0.5) is 5.69 Å². The molecule has 0 saturated carbocycles. The van der Waals surface area contributed by atoms with Crippen LogP contribution in [0.2, 0.25) is 0 Å². The van der Waals surface area contributed by atoms with Crippen molar-refractivity contribution in [2.45, 2.75) is 19.4 Å². The predicted molar refractivity (Wildman–Crippen MR) is 79.8 cm³/mol. The summed E-state index contributed by atoms with van der Waals surface area (Å²) in [5.74, 6) is 1.18. The van der Waals surface area contributed by atoms with Crippen molar-refractivity contribution >= 4 is 11.6 Å². The number of anilines is 1. The highest BCUT2D eigenvalue weighted by Crippen LogP contribution is 2.23. The van der Waals surface area contributed by atoms with Crippen molar-refractivity contribution in [2.75, 3.05) is 32.1 Å². The molecule has 5 nitrogen and oxygen atoms in total. The molecule has 2 unspecified atom stereocenters. The Balaban J connectivity index is 1.92. The molecule has 5 heteroatoms. The Morgan fingerprint density at radius 2 is 2.20 bits per heavy atom. The van der Waals surface area contributed by atoms with Crippen molar-refractivity contribution in [1.82, 2.24) is 4.90 Å². The molecule has 1 aliphatic rings. The number of benzene rings is 1. The van der Waals surface area contributed by atoms with Crippen LogP contribution >= 0.6 is 0 Å². The van der Waals surface area contributed by atoms with Crippen molar-refractivity contribution in [3.8, 4) is 5.75 Å². The Morgan fingerprint density at radius 3 is 2.90 bits per heavy atom. The predicted octanol–water partition coefficient (Wildman–Crippen LogP) is 1.30. The smallest absolute Gasteiger partial charge is 0.238 e. The minimum Gasteiger partial charge on any atom is -0.495 e. The number of rotatable bonds is 4. The summed E-state index contributed by atoms with van der Waals surface area (Å²) in [6.07, 6.45) is 1.03. The Bertz CT molecular complexity index is 454. The van der Waals surface area contributed by atoms with Gasteiger partial charge in [0.25, 0.3) is 0 Å². The van der Waals surface area contributed by atoms with Gasteiger partial charge in [0, 0.05) is 19.1 Å². The van der Waals surface area contributed by atoms with Crippen LogP contribution in [0.25, 0.3) is 0 Å². The lowest BCUT2D eigenvalue weighted by atomic mass is 9.97. The first-order valence-electron chi connectivity index (χ1n) is 6.99. The zero-order chi connectivity index (χ0) is 14.5. The average molecular weight is 277 g/mol. The van der Waals surface area contributed by atoms with E-state index in [0.29, 0.717) is 23.9 Å². The maximum absolute atomic E-state index is 12.1. The molecule has 1 saturated heterocycles. The van der Waals surface area contributed by atoms with Crippen molar-refractivity contribution in [1.29, 1.82) is 0 Å². The Hall–Kier alpha value is -1.59. The number of nitrogens with one attached hydrogen (secondary N) is 1. The Labute approximate surface area is 120 Å². The topological polar surface area (TPSA) is 67.6 Å². The van der Waals surface area contributed by atoms with E-state index in [1.807, 2.05) is 24.3 Å². The number of amides is 1. The van der Waals surface area contributed by atoms with Gasteiger partial charge in [0.15, 0.2) is 0 Å². The minimum absolute atomic E-state index is 0.0317. The summed E-state index contributed by atoms with van der Waals surface area (Å²) in [6, 6.07) is 7.57. The van der Waals surface area contributed by atoms with Crippen LogP contribution in [0.15, 0.2) is 24.3 Å². The number of hydrogen-bond acceptors (Lipinski definition) is 4. The standard InChI is InChI=1S/C15H23N3O2/c1-11-7-12(16)9-18(8-11)10-15(19)17-13-5-3-4-6-14(13)20-2/h3-6,11-12H,7-10,16H2,1-2H3,(H,17,19). The van der Waals surface area contributed by atoms with Gasteiger partial charge in [-0.15, -0.1) is 0 Å². The lowest BCUT2D eigenvalue weighted by Crippen LogP contribution is -2.48. The van der Waals surface area contributed by atoms with Crippen molar-refractivity contribution in [2.24, 2.45) is 11.7 Å². The van der Waals surface area contributed by atoms with E-state index in [1.165, 1.54) is 0 Å². The molecule has 0 spiro atoms. The largest absolute Gasteiger partial charge is 0.495 e. The number of likely N-dealkylation sites (tertiary alicyclic amines) is 1. The fourth-order valence-electron chi connectivity index (χ4n) is 2.78. The van der Waals surface area contributed by atoms with Gasteiger partial charge in [0.1, 0.15) is 5.75 Å². The van der Waals surface area contributed by atoms with Gasteiger partial charge in [-0.1, -0.05) is 19.1 Å². The lowest BCUT2D eigenvalue weighted by Gasteiger charge is -2.34. The van der Waals surface area contributed by atoms with Gasteiger partial charge in [-0.2, -0.15) is 0 Å². The highest BCUT2D eigenvalue weighted by Gasteiger charge is 2.23. The highest BCUT2D eigenvalue weighted by molar-refractivity contribution is 5.93. The summed E-state index contributed by atoms with van der Waals surface area (Å²) in [4.78, 5) is 14.2. The van der Waals surface area contributed by atoms with Crippen LogP contribution in [-0.2, 0) is 4.79 Å². The van der Waals surface area contributed by atoms with Gasteiger partial charge in [-0.25, -0.2) is 0 Å². The number of methoxy groups -OCH3 is 1. The van der Waals surface area contributed by atoms with E-state index < -0.39 is 0 Å². The number of nitrogens with zero attached hydrogens (tertiary/aromatic N) is 1. The van der Waals surface area contributed by atoms with Crippen molar-refractivity contribution in [3.05, 3.63) is 24.3 Å². The van der Waals surface area contributed by atoms with Gasteiger partial charge in [-0.3, -0.25) is 9.69 Å². The van der Waals surface area contributed by atoms with E-state index >= 15 is 0 Å². The zero-order valence-electron chi connectivity index (χ0n) is 12.1.